The standard InChI is InChI=1S/C11H8BrN5O3S/c12-6-1-7-10(13-2-6)17(3-8-14-5-20-16-8)11(15-7)21-4-9(18)19/h1-2,5H,3-4H2,(H,18,19). The third-order valence-electron chi connectivity index (χ3n) is 2.55. The lowest BCUT2D eigenvalue weighted by Gasteiger charge is -2.04. The number of halogens is 1. The summed E-state index contributed by atoms with van der Waals surface area (Å²) in [7, 11) is 0. The highest BCUT2D eigenvalue weighted by atomic mass is 79.9. The van der Waals surface area contributed by atoms with E-state index in [0.29, 0.717) is 28.7 Å². The molecular weight excluding hydrogens is 362 g/mol. The molecule has 0 amide bonds. The second-order valence-electron chi connectivity index (χ2n) is 4.01. The predicted molar refractivity (Wildman–Crippen MR) is 77.0 cm³/mol. The molecule has 21 heavy (non-hydrogen) atoms. The summed E-state index contributed by atoms with van der Waals surface area (Å²) in [6.07, 6.45) is 2.89. The number of fused-ring (bicyclic) bond motifs is 1. The Morgan fingerprint density at radius 1 is 1.48 bits per heavy atom. The van der Waals surface area contributed by atoms with E-state index in [1.807, 2.05) is 6.07 Å². The van der Waals surface area contributed by atoms with Crippen LogP contribution in [-0.2, 0) is 11.3 Å². The van der Waals surface area contributed by atoms with Gasteiger partial charge in [0.15, 0.2) is 16.6 Å². The van der Waals surface area contributed by atoms with Crippen LogP contribution in [0.5, 0.6) is 0 Å². The van der Waals surface area contributed by atoms with E-state index in [2.05, 4.69) is 36.0 Å². The molecule has 0 aliphatic heterocycles. The fourth-order valence-corrected chi connectivity index (χ4v) is 2.79. The molecule has 10 heteroatoms. The van der Waals surface area contributed by atoms with Crippen molar-refractivity contribution in [3.05, 3.63) is 29.0 Å². The van der Waals surface area contributed by atoms with Gasteiger partial charge in [-0.15, -0.1) is 0 Å². The third-order valence-corrected chi connectivity index (χ3v) is 3.94. The van der Waals surface area contributed by atoms with Crippen LogP contribution in [-0.4, -0.2) is 41.5 Å². The molecule has 0 aliphatic rings. The molecule has 3 heterocycles. The number of carboxylic acid groups (broad SMARTS) is 1. The van der Waals surface area contributed by atoms with Gasteiger partial charge in [-0.2, -0.15) is 4.98 Å². The van der Waals surface area contributed by atoms with E-state index in [-0.39, 0.29) is 5.75 Å². The molecule has 0 unspecified atom stereocenters. The maximum absolute atomic E-state index is 10.7. The third kappa shape index (κ3) is 3.05. The Labute approximate surface area is 130 Å². The molecule has 1 N–H and O–H groups in total. The molecule has 0 bridgehead atoms. The number of thioether (sulfide) groups is 1. The first-order valence-corrected chi connectivity index (χ1v) is 7.53. The molecule has 8 nitrogen and oxygen atoms in total. The zero-order chi connectivity index (χ0) is 14.8. The molecule has 0 spiro atoms. The number of imidazole rings is 1. The van der Waals surface area contributed by atoms with Gasteiger partial charge in [0.05, 0.1) is 12.3 Å². The SMILES string of the molecule is O=C(O)CSc1nc2cc(Br)cnc2n1Cc1ncon1. The fraction of sp³-hybridized carbons (Fsp3) is 0.182. The lowest BCUT2D eigenvalue weighted by molar-refractivity contribution is -0.133. The molecular formula is C11H8BrN5O3S. The Kier molecular flexibility index (Phi) is 3.88. The molecule has 3 aromatic heterocycles. The molecule has 0 fully saturated rings. The number of carboxylic acids is 1. The van der Waals surface area contributed by atoms with Gasteiger partial charge in [-0.25, -0.2) is 9.97 Å². The van der Waals surface area contributed by atoms with Crippen LogP contribution in [0.4, 0.5) is 0 Å². The Morgan fingerprint density at radius 2 is 2.33 bits per heavy atom. The number of nitrogens with zero attached hydrogens (tertiary/aromatic N) is 5. The number of pyridine rings is 1. The van der Waals surface area contributed by atoms with Gasteiger partial charge in [0.2, 0.25) is 6.39 Å². The van der Waals surface area contributed by atoms with Crippen LogP contribution in [0.3, 0.4) is 0 Å². The minimum Gasteiger partial charge on any atom is -0.481 e. The van der Waals surface area contributed by atoms with Crippen molar-refractivity contribution in [3.8, 4) is 0 Å². The van der Waals surface area contributed by atoms with Crippen LogP contribution in [0.25, 0.3) is 11.2 Å². The first-order chi connectivity index (χ1) is 10.1. The van der Waals surface area contributed by atoms with Crippen LogP contribution < -0.4 is 0 Å². The van der Waals surface area contributed by atoms with Gasteiger partial charge in [-0.1, -0.05) is 16.9 Å². The van der Waals surface area contributed by atoms with E-state index < -0.39 is 5.97 Å². The molecule has 108 valence electrons. The average Bonchev–Trinajstić information content (AvgIpc) is 3.05. The smallest absolute Gasteiger partial charge is 0.313 e. The number of carbonyl (C=O) groups is 1. The number of hydrogen-bond acceptors (Lipinski definition) is 7. The van der Waals surface area contributed by atoms with Crippen molar-refractivity contribution >= 4 is 44.8 Å². The first-order valence-electron chi connectivity index (χ1n) is 5.75. The molecule has 0 radical (unpaired) electrons. The topological polar surface area (TPSA) is 107 Å². The minimum atomic E-state index is -0.910. The Bertz CT molecular complexity index is 789. The largest absolute Gasteiger partial charge is 0.481 e. The van der Waals surface area contributed by atoms with Gasteiger partial charge in [-0.05, 0) is 22.0 Å². The average molecular weight is 370 g/mol. The molecule has 0 saturated heterocycles. The van der Waals surface area contributed by atoms with Crippen LogP contribution in [0.1, 0.15) is 5.82 Å². The van der Waals surface area contributed by atoms with Crippen molar-refractivity contribution in [2.45, 2.75) is 11.7 Å². The highest BCUT2D eigenvalue weighted by molar-refractivity contribution is 9.10. The molecule has 0 atom stereocenters. The van der Waals surface area contributed by atoms with Crippen molar-refractivity contribution in [1.29, 1.82) is 0 Å². The van der Waals surface area contributed by atoms with Crippen LogP contribution in [0.2, 0.25) is 0 Å². The zero-order valence-electron chi connectivity index (χ0n) is 10.4. The minimum absolute atomic E-state index is 0.0866. The summed E-state index contributed by atoms with van der Waals surface area (Å²) in [5.74, 6) is -0.528. The maximum atomic E-state index is 10.7. The van der Waals surface area contributed by atoms with Crippen LogP contribution >= 0.6 is 27.7 Å². The lowest BCUT2D eigenvalue weighted by Crippen LogP contribution is -2.06. The highest BCUT2D eigenvalue weighted by Gasteiger charge is 2.16. The Hall–Kier alpha value is -1.94. The van der Waals surface area contributed by atoms with E-state index in [4.69, 9.17) is 9.63 Å². The number of aliphatic carboxylic acids is 1. The van der Waals surface area contributed by atoms with E-state index in [1.165, 1.54) is 6.39 Å². The summed E-state index contributed by atoms with van der Waals surface area (Å²) in [4.78, 5) is 23.4. The predicted octanol–water partition coefficient (Wildman–Crippen LogP) is 1.80. The molecule has 0 aliphatic carbocycles. The van der Waals surface area contributed by atoms with Crippen LogP contribution in [0.15, 0.2) is 32.8 Å². The second kappa shape index (κ2) is 5.82. The molecule has 0 aromatic carbocycles. The number of aromatic nitrogens is 5. The van der Waals surface area contributed by atoms with Gasteiger partial charge in [0.1, 0.15) is 5.52 Å². The molecule has 3 rings (SSSR count). The normalized spacial score (nSPS) is 11.1. The first kappa shape index (κ1) is 14.0. The Balaban J connectivity index is 2.03. The van der Waals surface area contributed by atoms with Crippen molar-refractivity contribution in [3.63, 3.8) is 0 Å². The summed E-state index contributed by atoms with van der Waals surface area (Å²) in [5.41, 5.74) is 1.30. The van der Waals surface area contributed by atoms with Crippen LogP contribution in [0, 0.1) is 0 Å². The van der Waals surface area contributed by atoms with Gasteiger partial charge in [0.25, 0.3) is 0 Å². The van der Waals surface area contributed by atoms with Gasteiger partial charge in [-0.3, -0.25) is 9.36 Å². The molecule has 3 aromatic rings. The Morgan fingerprint density at radius 3 is 3.05 bits per heavy atom. The van der Waals surface area contributed by atoms with E-state index in [0.717, 1.165) is 16.2 Å². The van der Waals surface area contributed by atoms with Crippen molar-refractivity contribution < 1.29 is 14.4 Å². The summed E-state index contributed by atoms with van der Waals surface area (Å²) in [6, 6.07) is 1.82. The van der Waals surface area contributed by atoms with Crippen molar-refractivity contribution in [2.75, 3.05) is 5.75 Å². The van der Waals surface area contributed by atoms with Crippen molar-refractivity contribution in [1.82, 2.24) is 24.7 Å². The zero-order valence-corrected chi connectivity index (χ0v) is 12.8. The summed E-state index contributed by atoms with van der Waals surface area (Å²) >= 11 is 4.46. The lowest BCUT2D eigenvalue weighted by atomic mass is 10.4. The fourth-order valence-electron chi connectivity index (χ4n) is 1.75. The molecule has 0 saturated carbocycles. The van der Waals surface area contributed by atoms with E-state index >= 15 is 0 Å². The van der Waals surface area contributed by atoms with Gasteiger partial charge in [0, 0.05) is 10.7 Å². The second-order valence-corrected chi connectivity index (χ2v) is 5.86. The highest BCUT2D eigenvalue weighted by Crippen LogP contribution is 2.25. The number of hydrogen-bond donors (Lipinski definition) is 1. The quantitative estimate of drug-likeness (QED) is 0.678. The monoisotopic (exact) mass is 369 g/mol. The van der Waals surface area contributed by atoms with Gasteiger partial charge >= 0.3 is 5.97 Å². The summed E-state index contributed by atoms with van der Waals surface area (Å²) in [5, 5.41) is 13.1. The van der Waals surface area contributed by atoms with E-state index in [9.17, 15) is 4.79 Å². The van der Waals surface area contributed by atoms with Gasteiger partial charge < -0.3 is 9.63 Å². The van der Waals surface area contributed by atoms with Crippen molar-refractivity contribution in [2.24, 2.45) is 0 Å². The maximum Gasteiger partial charge on any atom is 0.313 e. The number of rotatable bonds is 5. The summed E-state index contributed by atoms with van der Waals surface area (Å²) in [6.45, 7) is 0.309. The summed E-state index contributed by atoms with van der Waals surface area (Å²) < 4.78 is 7.27. The van der Waals surface area contributed by atoms with E-state index in [1.54, 1.807) is 10.8 Å².